The number of benzene rings is 1. The average Bonchev–Trinajstić information content (AvgIpc) is 2.03. The first kappa shape index (κ1) is 8.59. The normalized spacial score (nSPS) is 9.73. The van der Waals surface area contributed by atoms with Crippen molar-refractivity contribution in [1.82, 2.24) is 0 Å². The molecule has 11 heavy (non-hydrogen) atoms. The standard InChI is InChI=1S/C7H8BClO2/c1-6-3-2-4-7(5-6)8(10)11-9/h2-5,10H,1H3. The minimum absolute atomic E-state index is 0.667. The number of rotatable bonds is 2. The molecule has 0 heterocycles. The molecule has 4 heteroatoms. The maximum atomic E-state index is 9.10. The Bertz CT molecular complexity index is 242. The van der Waals surface area contributed by atoms with Crippen LogP contribution >= 0.6 is 11.9 Å². The Morgan fingerprint density at radius 1 is 1.55 bits per heavy atom. The van der Waals surface area contributed by atoms with Crippen LogP contribution in [0.4, 0.5) is 0 Å². The lowest BCUT2D eigenvalue weighted by molar-refractivity contribution is 0.457. The molecule has 0 aliphatic carbocycles. The Balaban J connectivity index is 2.86. The highest BCUT2D eigenvalue weighted by Crippen LogP contribution is 1.95. The summed E-state index contributed by atoms with van der Waals surface area (Å²) in [6, 6.07) is 7.33. The van der Waals surface area contributed by atoms with Crippen LogP contribution in [-0.2, 0) is 4.21 Å². The van der Waals surface area contributed by atoms with E-state index in [0.717, 1.165) is 5.56 Å². The summed E-state index contributed by atoms with van der Waals surface area (Å²) >= 11 is 4.99. The molecule has 2 nitrogen and oxygen atoms in total. The molecule has 1 aromatic rings. The zero-order valence-corrected chi connectivity index (χ0v) is 6.88. The van der Waals surface area contributed by atoms with E-state index in [4.69, 9.17) is 16.9 Å². The molecule has 0 aromatic heterocycles. The van der Waals surface area contributed by atoms with Crippen molar-refractivity contribution in [3.63, 3.8) is 0 Å². The van der Waals surface area contributed by atoms with Gasteiger partial charge in [-0.15, -0.1) is 0 Å². The molecular weight excluding hydrogens is 162 g/mol. The monoisotopic (exact) mass is 170 g/mol. The fraction of sp³-hybridized carbons (Fsp3) is 0.143. The van der Waals surface area contributed by atoms with Crippen molar-refractivity contribution >= 4 is 24.4 Å². The molecule has 0 spiro atoms. The van der Waals surface area contributed by atoms with Gasteiger partial charge in [-0.3, -0.25) is 0 Å². The summed E-state index contributed by atoms with van der Waals surface area (Å²) in [5, 5.41) is 9.10. The van der Waals surface area contributed by atoms with E-state index in [0.29, 0.717) is 5.46 Å². The highest BCUT2D eigenvalue weighted by Gasteiger charge is 2.14. The highest BCUT2D eigenvalue weighted by atomic mass is 35.5. The minimum atomic E-state index is -1.03. The van der Waals surface area contributed by atoms with Crippen LogP contribution in [-0.4, -0.2) is 12.1 Å². The second-order valence-electron chi connectivity index (χ2n) is 2.36. The van der Waals surface area contributed by atoms with Crippen molar-refractivity contribution in [2.24, 2.45) is 0 Å². The molecule has 0 unspecified atom stereocenters. The highest BCUT2D eigenvalue weighted by molar-refractivity contribution is 6.63. The van der Waals surface area contributed by atoms with Gasteiger partial charge < -0.3 is 9.23 Å². The molecule has 0 radical (unpaired) electrons. The van der Waals surface area contributed by atoms with E-state index < -0.39 is 7.12 Å². The lowest BCUT2D eigenvalue weighted by Gasteiger charge is -2.01. The SMILES string of the molecule is Cc1cccc(B(O)OCl)c1. The van der Waals surface area contributed by atoms with Crippen LogP contribution in [0.25, 0.3) is 0 Å². The van der Waals surface area contributed by atoms with Gasteiger partial charge in [-0.25, -0.2) is 0 Å². The van der Waals surface area contributed by atoms with Crippen LogP contribution in [0.15, 0.2) is 24.3 Å². The van der Waals surface area contributed by atoms with Gasteiger partial charge in [-0.1, -0.05) is 29.8 Å². The van der Waals surface area contributed by atoms with Crippen LogP contribution in [0.1, 0.15) is 5.56 Å². The second-order valence-corrected chi connectivity index (χ2v) is 2.53. The molecule has 0 atom stereocenters. The molecule has 0 saturated carbocycles. The van der Waals surface area contributed by atoms with Crippen molar-refractivity contribution in [2.75, 3.05) is 0 Å². The van der Waals surface area contributed by atoms with Crippen molar-refractivity contribution in [3.8, 4) is 0 Å². The third kappa shape index (κ3) is 2.22. The van der Waals surface area contributed by atoms with Gasteiger partial charge in [0.05, 0.1) is 0 Å². The minimum Gasteiger partial charge on any atom is -0.422 e. The Hall–Kier alpha value is -0.505. The molecule has 1 aromatic carbocycles. The third-order valence-corrected chi connectivity index (χ3v) is 1.58. The predicted octanol–water partition coefficient (Wildman–Crippen LogP) is 0.853. The lowest BCUT2D eigenvalue weighted by atomic mass is 9.80. The van der Waals surface area contributed by atoms with Crippen LogP contribution in [0.3, 0.4) is 0 Å². The van der Waals surface area contributed by atoms with Crippen molar-refractivity contribution in [3.05, 3.63) is 29.8 Å². The summed E-state index contributed by atoms with van der Waals surface area (Å²) in [6.07, 6.45) is 0. The Morgan fingerprint density at radius 3 is 2.82 bits per heavy atom. The molecule has 0 aliphatic heterocycles. The molecule has 1 rings (SSSR count). The topological polar surface area (TPSA) is 29.5 Å². The zero-order chi connectivity index (χ0) is 8.27. The molecule has 1 N–H and O–H groups in total. The van der Waals surface area contributed by atoms with Crippen LogP contribution in [0.2, 0.25) is 0 Å². The number of hydrogen-bond donors (Lipinski definition) is 1. The Kier molecular flexibility index (Phi) is 2.94. The fourth-order valence-corrected chi connectivity index (χ4v) is 0.978. The van der Waals surface area contributed by atoms with Crippen LogP contribution in [0, 0.1) is 6.92 Å². The van der Waals surface area contributed by atoms with E-state index in [2.05, 4.69) is 4.21 Å². The summed E-state index contributed by atoms with van der Waals surface area (Å²) in [4.78, 5) is 0. The van der Waals surface area contributed by atoms with Gasteiger partial charge in [-0.05, 0) is 12.4 Å². The predicted molar refractivity (Wildman–Crippen MR) is 45.7 cm³/mol. The lowest BCUT2D eigenvalue weighted by Crippen LogP contribution is -2.30. The van der Waals surface area contributed by atoms with Gasteiger partial charge in [0.15, 0.2) is 0 Å². The summed E-state index contributed by atoms with van der Waals surface area (Å²) in [5.41, 5.74) is 1.73. The molecule has 0 fully saturated rings. The number of aryl methyl sites for hydroxylation is 1. The van der Waals surface area contributed by atoms with Crippen LogP contribution < -0.4 is 5.46 Å². The molecule has 0 saturated heterocycles. The summed E-state index contributed by atoms with van der Waals surface area (Å²) in [5.74, 6) is 0. The largest absolute Gasteiger partial charge is 0.508 e. The van der Waals surface area contributed by atoms with E-state index in [1.54, 1.807) is 6.07 Å². The Morgan fingerprint density at radius 2 is 2.27 bits per heavy atom. The van der Waals surface area contributed by atoms with Crippen molar-refractivity contribution < 1.29 is 9.23 Å². The van der Waals surface area contributed by atoms with Gasteiger partial charge in [0.25, 0.3) is 0 Å². The van der Waals surface area contributed by atoms with Crippen molar-refractivity contribution in [1.29, 1.82) is 0 Å². The van der Waals surface area contributed by atoms with E-state index in [9.17, 15) is 0 Å². The molecule has 0 bridgehead atoms. The fourth-order valence-electron chi connectivity index (χ4n) is 0.875. The third-order valence-electron chi connectivity index (χ3n) is 1.41. The zero-order valence-electron chi connectivity index (χ0n) is 6.12. The number of hydrogen-bond acceptors (Lipinski definition) is 2. The van der Waals surface area contributed by atoms with E-state index in [-0.39, 0.29) is 0 Å². The van der Waals surface area contributed by atoms with E-state index >= 15 is 0 Å². The Labute approximate surface area is 71.1 Å². The van der Waals surface area contributed by atoms with Crippen molar-refractivity contribution in [2.45, 2.75) is 6.92 Å². The van der Waals surface area contributed by atoms with Gasteiger partial charge in [0, 0.05) is 11.9 Å². The summed E-state index contributed by atoms with van der Waals surface area (Å²) < 4.78 is 4.22. The van der Waals surface area contributed by atoms with E-state index in [1.807, 2.05) is 25.1 Å². The first-order chi connectivity index (χ1) is 5.24. The van der Waals surface area contributed by atoms with Crippen LogP contribution in [0.5, 0.6) is 0 Å². The second kappa shape index (κ2) is 3.76. The molecule has 0 amide bonds. The molecule has 58 valence electrons. The first-order valence-corrected chi connectivity index (χ1v) is 3.57. The van der Waals surface area contributed by atoms with Gasteiger partial charge in [-0.2, -0.15) is 0 Å². The quantitative estimate of drug-likeness (QED) is 0.667. The molecular formula is C7H8BClO2. The van der Waals surface area contributed by atoms with Gasteiger partial charge in [0.1, 0.15) is 0 Å². The molecule has 0 aliphatic rings. The average molecular weight is 170 g/mol. The maximum absolute atomic E-state index is 9.10. The summed E-state index contributed by atoms with van der Waals surface area (Å²) in [7, 11) is -1.03. The van der Waals surface area contributed by atoms with E-state index in [1.165, 1.54) is 0 Å². The maximum Gasteiger partial charge on any atom is 0.508 e. The van der Waals surface area contributed by atoms with Gasteiger partial charge >= 0.3 is 7.12 Å². The number of halogens is 1. The first-order valence-electron chi connectivity index (χ1n) is 3.26. The summed E-state index contributed by atoms with van der Waals surface area (Å²) in [6.45, 7) is 1.93. The van der Waals surface area contributed by atoms with Gasteiger partial charge in [0.2, 0.25) is 0 Å². The smallest absolute Gasteiger partial charge is 0.422 e.